The fourth-order valence-corrected chi connectivity index (χ4v) is 3.80. The first-order valence-corrected chi connectivity index (χ1v) is 9.46. The molecular formula is C22H26ClN. The Morgan fingerprint density at radius 1 is 1.04 bits per heavy atom. The van der Waals surface area contributed by atoms with Gasteiger partial charge in [-0.3, -0.25) is 4.98 Å². The van der Waals surface area contributed by atoms with Gasteiger partial charge in [0.15, 0.2) is 0 Å². The van der Waals surface area contributed by atoms with Crippen LogP contribution in [-0.2, 0) is 6.42 Å². The van der Waals surface area contributed by atoms with Crippen LogP contribution < -0.4 is 0 Å². The van der Waals surface area contributed by atoms with Crippen molar-refractivity contribution in [2.45, 2.75) is 45.4 Å². The predicted molar refractivity (Wildman–Crippen MR) is 103 cm³/mol. The van der Waals surface area contributed by atoms with Crippen LogP contribution in [0.1, 0.15) is 44.6 Å². The van der Waals surface area contributed by atoms with Crippen molar-refractivity contribution in [3.8, 4) is 11.3 Å². The highest BCUT2D eigenvalue weighted by molar-refractivity contribution is 6.30. The molecule has 1 fully saturated rings. The molecule has 0 unspecified atom stereocenters. The lowest BCUT2D eigenvalue weighted by atomic mass is 9.79. The Bertz CT molecular complexity index is 649. The molecule has 0 aliphatic heterocycles. The molecule has 1 aliphatic carbocycles. The van der Waals surface area contributed by atoms with Crippen molar-refractivity contribution in [2.75, 3.05) is 0 Å². The lowest BCUT2D eigenvalue weighted by Crippen LogP contribution is -2.13. The molecular weight excluding hydrogens is 314 g/mol. The van der Waals surface area contributed by atoms with Crippen molar-refractivity contribution in [3.05, 3.63) is 65.3 Å². The normalized spacial score (nSPS) is 21.2. The summed E-state index contributed by atoms with van der Waals surface area (Å²) in [5.74, 6) is 1.72. The second-order valence-corrected chi connectivity index (χ2v) is 7.34. The zero-order valence-electron chi connectivity index (χ0n) is 14.4. The number of nitrogens with zero attached hydrogens (tertiary/aromatic N) is 1. The smallest absolute Gasteiger partial charge is 0.0702 e. The molecule has 0 spiro atoms. The number of benzene rings is 1. The highest BCUT2D eigenvalue weighted by Gasteiger charge is 2.19. The third-order valence-electron chi connectivity index (χ3n) is 5.16. The molecule has 0 saturated heterocycles. The fourth-order valence-electron chi connectivity index (χ4n) is 3.68. The standard InChI is InChI=1S/C22H26ClN/c1-2-3-17-4-6-18(7-5-17)8-9-19-10-15-22(24-16-19)20-11-13-21(23)14-12-20/h2-3,10-18H,4-9H2,1H3/b3-2+/t17-,18-. The van der Waals surface area contributed by atoms with Gasteiger partial charge in [0, 0.05) is 16.8 Å². The highest BCUT2D eigenvalue weighted by atomic mass is 35.5. The second-order valence-electron chi connectivity index (χ2n) is 6.90. The number of rotatable bonds is 5. The van der Waals surface area contributed by atoms with Crippen LogP contribution in [0, 0.1) is 11.8 Å². The minimum absolute atomic E-state index is 0.763. The van der Waals surface area contributed by atoms with Crippen molar-refractivity contribution >= 4 is 11.6 Å². The van der Waals surface area contributed by atoms with Gasteiger partial charge in [0.2, 0.25) is 0 Å². The lowest BCUT2D eigenvalue weighted by Gasteiger charge is -2.26. The third-order valence-corrected chi connectivity index (χ3v) is 5.41. The second kappa shape index (κ2) is 8.48. The Morgan fingerprint density at radius 2 is 1.79 bits per heavy atom. The molecule has 0 amide bonds. The zero-order chi connectivity index (χ0) is 16.8. The SMILES string of the molecule is C/C=C/[C@H]1CC[C@H](CCc2ccc(-c3ccc(Cl)cc3)nc2)CC1. The van der Waals surface area contributed by atoms with E-state index in [1.165, 1.54) is 37.7 Å². The first kappa shape index (κ1) is 17.2. The quantitative estimate of drug-likeness (QED) is 0.551. The number of hydrogen-bond donors (Lipinski definition) is 0. The van der Waals surface area contributed by atoms with Gasteiger partial charge >= 0.3 is 0 Å². The van der Waals surface area contributed by atoms with Crippen molar-refractivity contribution in [2.24, 2.45) is 11.8 Å². The van der Waals surface area contributed by atoms with Crippen molar-refractivity contribution in [1.29, 1.82) is 0 Å². The molecule has 0 bridgehead atoms. The summed E-state index contributed by atoms with van der Waals surface area (Å²) in [5.41, 5.74) is 3.49. The average molecular weight is 340 g/mol. The first-order valence-electron chi connectivity index (χ1n) is 9.08. The number of halogens is 1. The largest absolute Gasteiger partial charge is 0.256 e. The Hall–Kier alpha value is -1.60. The highest BCUT2D eigenvalue weighted by Crippen LogP contribution is 2.32. The predicted octanol–water partition coefficient (Wildman–Crippen LogP) is 6.72. The zero-order valence-corrected chi connectivity index (χ0v) is 15.2. The minimum atomic E-state index is 0.763. The first-order chi connectivity index (χ1) is 11.7. The van der Waals surface area contributed by atoms with E-state index < -0.39 is 0 Å². The van der Waals surface area contributed by atoms with Crippen LogP contribution in [0.2, 0.25) is 5.02 Å². The van der Waals surface area contributed by atoms with Gasteiger partial charge in [-0.15, -0.1) is 0 Å². The molecule has 1 heterocycles. The third kappa shape index (κ3) is 4.70. The molecule has 0 radical (unpaired) electrons. The van der Waals surface area contributed by atoms with Gasteiger partial charge in [0.05, 0.1) is 5.69 Å². The number of hydrogen-bond acceptors (Lipinski definition) is 1. The maximum Gasteiger partial charge on any atom is 0.0702 e. The van der Waals surface area contributed by atoms with Crippen LogP contribution in [0.3, 0.4) is 0 Å². The fraction of sp³-hybridized carbons (Fsp3) is 0.409. The average Bonchev–Trinajstić information content (AvgIpc) is 2.63. The molecule has 3 rings (SSSR count). The summed E-state index contributed by atoms with van der Waals surface area (Å²) in [5, 5.41) is 0.763. The van der Waals surface area contributed by atoms with Gasteiger partial charge in [0.25, 0.3) is 0 Å². The van der Waals surface area contributed by atoms with Gasteiger partial charge in [-0.1, -0.05) is 42.0 Å². The maximum absolute atomic E-state index is 5.94. The molecule has 24 heavy (non-hydrogen) atoms. The van der Waals surface area contributed by atoms with Gasteiger partial charge in [-0.2, -0.15) is 0 Å². The summed E-state index contributed by atoms with van der Waals surface area (Å²) < 4.78 is 0. The van der Waals surface area contributed by atoms with Gasteiger partial charge < -0.3 is 0 Å². The number of allylic oxidation sites excluding steroid dienone is 2. The van der Waals surface area contributed by atoms with E-state index >= 15 is 0 Å². The molecule has 1 aliphatic rings. The van der Waals surface area contributed by atoms with E-state index in [0.29, 0.717) is 0 Å². The Kier molecular flexibility index (Phi) is 6.09. The summed E-state index contributed by atoms with van der Waals surface area (Å²) in [4.78, 5) is 4.63. The molecule has 126 valence electrons. The van der Waals surface area contributed by atoms with Crippen molar-refractivity contribution in [1.82, 2.24) is 4.98 Å². The Morgan fingerprint density at radius 3 is 2.42 bits per heavy atom. The maximum atomic E-state index is 5.94. The Balaban J connectivity index is 1.51. The van der Waals surface area contributed by atoms with Gasteiger partial charge in [-0.25, -0.2) is 0 Å². The monoisotopic (exact) mass is 339 g/mol. The van der Waals surface area contributed by atoms with E-state index in [-0.39, 0.29) is 0 Å². The summed E-state index contributed by atoms with van der Waals surface area (Å²) in [6.45, 7) is 2.13. The van der Waals surface area contributed by atoms with E-state index in [9.17, 15) is 0 Å². The van der Waals surface area contributed by atoms with E-state index in [2.05, 4.69) is 36.2 Å². The minimum Gasteiger partial charge on any atom is -0.256 e. The van der Waals surface area contributed by atoms with Crippen LogP contribution in [0.5, 0.6) is 0 Å². The molecule has 0 atom stereocenters. The molecule has 0 N–H and O–H groups in total. The van der Waals surface area contributed by atoms with Crippen LogP contribution in [-0.4, -0.2) is 4.98 Å². The molecule has 2 heteroatoms. The van der Waals surface area contributed by atoms with Gasteiger partial charge in [0.1, 0.15) is 0 Å². The molecule has 1 saturated carbocycles. The van der Waals surface area contributed by atoms with Crippen LogP contribution in [0.15, 0.2) is 54.7 Å². The van der Waals surface area contributed by atoms with E-state index in [1.807, 2.05) is 30.5 Å². The van der Waals surface area contributed by atoms with Crippen LogP contribution in [0.4, 0.5) is 0 Å². The summed E-state index contributed by atoms with van der Waals surface area (Å²) in [6.07, 6.45) is 14.6. The topological polar surface area (TPSA) is 12.9 Å². The van der Waals surface area contributed by atoms with Crippen LogP contribution >= 0.6 is 11.6 Å². The van der Waals surface area contributed by atoms with Crippen LogP contribution in [0.25, 0.3) is 11.3 Å². The summed E-state index contributed by atoms with van der Waals surface area (Å²) in [7, 11) is 0. The summed E-state index contributed by atoms with van der Waals surface area (Å²) in [6, 6.07) is 12.2. The van der Waals surface area contributed by atoms with Crippen molar-refractivity contribution < 1.29 is 0 Å². The molecule has 1 aromatic heterocycles. The van der Waals surface area contributed by atoms with E-state index in [0.717, 1.165) is 34.5 Å². The number of pyridine rings is 1. The lowest BCUT2D eigenvalue weighted by molar-refractivity contribution is 0.296. The molecule has 1 aromatic carbocycles. The molecule has 2 aromatic rings. The van der Waals surface area contributed by atoms with Crippen molar-refractivity contribution in [3.63, 3.8) is 0 Å². The Labute approximate surface area is 150 Å². The number of aromatic nitrogens is 1. The summed E-state index contributed by atoms with van der Waals surface area (Å²) >= 11 is 5.94. The van der Waals surface area contributed by atoms with E-state index in [4.69, 9.17) is 11.6 Å². The van der Waals surface area contributed by atoms with E-state index in [1.54, 1.807) is 0 Å². The molecule has 1 nitrogen and oxygen atoms in total. The van der Waals surface area contributed by atoms with Gasteiger partial charge in [-0.05, 0) is 81.0 Å². The number of aryl methyl sites for hydroxylation is 1.